The Morgan fingerprint density at radius 2 is 1.16 bits per heavy atom. The molecule has 0 radical (unpaired) electrons. The average Bonchev–Trinajstić information content (AvgIpc) is 3.56. The predicted octanol–water partition coefficient (Wildman–Crippen LogP) is 9.22. The summed E-state index contributed by atoms with van der Waals surface area (Å²) in [6.45, 7) is 8.15. The van der Waals surface area contributed by atoms with Crippen LogP contribution in [-0.4, -0.2) is 9.61 Å². The molecule has 5 aromatic carbocycles. The van der Waals surface area contributed by atoms with Crippen LogP contribution in [0.5, 0.6) is 0 Å². The highest BCUT2D eigenvalue weighted by atomic mass is 31.2. The van der Waals surface area contributed by atoms with Gasteiger partial charge in [0.2, 0.25) is 0 Å². The molecular formula is C41H31N2OP. The van der Waals surface area contributed by atoms with E-state index in [0.717, 1.165) is 65.7 Å². The van der Waals surface area contributed by atoms with E-state index in [0.29, 0.717) is 0 Å². The molecule has 4 heteroatoms. The van der Waals surface area contributed by atoms with Crippen molar-refractivity contribution in [3.8, 4) is 22.3 Å². The van der Waals surface area contributed by atoms with Gasteiger partial charge in [0.1, 0.15) is 0 Å². The normalized spacial score (nSPS) is 12.0. The van der Waals surface area contributed by atoms with E-state index in [4.69, 9.17) is 5.10 Å². The smallest absolute Gasteiger partial charge is 0.171 e. The zero-order valence-corrected chi connectivity index (χ0v) is 25.6. The average molecular weight is 599 g/mol. The van der Waals surface area contributed by atoms with Crippen molar-refractivity contribution in [1.82, 2.24) is 9.61 Å². The van der Waals surface area contributed by atoms with Gasteiger partial charge >= 0.3 is 0 Å². The number of hydrogen-bond donors (Lipinski definition) is 0. The van der Waals surface area contributed by atoms with Crippen LogP contribution in [-0.2, 0) is 4.57 Å². The summed E-state index contributed by atoms with van der Waals surface area (Å²) < 4.78 is 17.1. The molecule has 2 heterocycles. The van der Waals surface area contributed by atoms with Gasteiger partial charge in [0.15, 0.2) is 7.14 Å². The van der Waals surface area contributed by atoms with Crippen LogP contribution in [0.25, 0.3) is 44.1 Å². The molecule has 0 aliphatic heterocycles. The Hall–Kier alpha value is -5.50. The minimum Gasteiger partial charge on any atom is -0.309 e. The van der Waals surface area contributed by atoms with Crippen LogP contribution < -0.4 is 15.9 Å². The Bertz CT molecular complexity index is 2210. The van der Waals surface area contributed by atoms with Gasteiger partial charge in [-0.15, -0.1) is 0 Å². The van der Waals surface area contributed by atoms with Crippen LogP contribution in [0.2, 0.25) is 0 Å². The second-order valence-electron chi connectivity index (χ2n) is 10.8. The maximum absolute atomic E-state index is 15.0. The van der Waals surface area contributed by atoms with E-state index in [1.54, 1.807) is 6.08 Å². The molecule has 0 unspecified atom stereocenters. The molecule has 0 aliphatic rings. The lowest BCUT2D eigenvalue weighted by atomic mass is 9.92. The highest BCUT2D eigenvalue weighted by molar-refractivity contribution is 7.85. The van der Waals surface area contributed by atoms with Crippen LogP contribution in [0.4, 0.5) is 0 Å². The molecule has 0 spiro atoms. The van der Waals surface area contributed by atoms with E-state index >= 15 is 4.57 Å². The maximum Gasteiger partial charge on any atom is 0.171 e. The first-order valence-corrected chi connectivity index (χ1v) is 16.6. The Labute approximate surface area is 263 Å². The molecule has 0 saturated heterocycles. The molecule has 45 heavy (non-hydrogen) atoms. The summed E-state index contributed by atoms with van der Waals surface area (Å²) in [5.41, 5.74) is 7.03. The van der Waals surface area contributed by atoms with Crippen molar-refractivity contribution in [3.05, 3.63) is 183 Å². The van der Waals surface area contributed by atoms with Gasteiger partial charge in [-0.25, -0.2) is 4.52 Å². The van der Waals surface area contributed by atoms with Gasteiger partial charge in [-0.05, 0) is 16.5 Å². The largest absolute Gasteiger partial charge is 0.309 e. The fourth-order valence-corrected chi connectivity index (χ4v) is 8.89. The fraction of sp³-hybridized carbons (Fsp3) is 0. The van der Waals surface area contributed by atoms with E-state index in [-0.39, 0.29) is 0 Å². The SMILES string of the molecule is C=C/C=C(\C=C)c1c(-c2ccc(P(=O)(c3ccccc3)c3ccccc3)cc2)c2ccccc2c2c(-c3ccccc3)cnn12. The van der Waals surface area contributed by atoms with E-state index < -0.39 is 7.14 Å². The van der Waals surface area contributed by atoms with E-state index in [9.17, 15) is 0 Å². The quantitative estimate of drug-likeness (QED) is 0.129. The number of pyridine rings is 1. The van der Waals surface area contributed by atoms with Crippen molar-refractivity contribution in [3.63, 3.8) is 0 Å². The topological polar surface area (TPSA) is 34.4 Å². The molecule has 2 aromatic heterocycles. The van der Waals surface area contributed by atoms with Gasteiger partial charge < -0.3 is 4.57 Å². The Kier molecular flexibility index (Phi) is 7.47. The summed E-state index contributed by atoms with van der Waals surface area (Å²) in [4.78, 5) is 0. The molecule has 0 saturated carbocycles. The molecule has 0 atom stereocenters. The monoisotopic (exact) mass is 598 g/mol. The minimum atomic E-state index is -3.11. The van der Waals surface area contributed by atoms with E-state index in [1.165, 1.54) is 0 Å². The van der Waals surface area contributed by atoms with Gasteiger partial charge in [-0.2, -0.15) is 5.10 Å². The lowest BCUT2D eigenvalue weighted by Gasteiger charge is -2.21. The first-order chi connectivity index (χ1) is 22.1. The summed E-state index contributed by atoms with van der Waals surface area (Å²) in [6, 6.07) is 46.6. The van der Waals surface area contributed by atoms with Crippen molar-refractivity contribution in [2.75, 3.05) is 0 Å². The van der Waals surface area contributed by atoms with Crippen molar-refractivity contribution in [2.24, 2.45) is 0 Å². The first kappa shape index (κ1) is 28.3. The summed E-state index contributed by atoms with van der Waals surface area (Å²) in [7, 11) is -3.11. The van der Waals surface area contributed by atoms with Gasteiger partial charge in [-0.3, -0.25) is 0 Å². The number of nitrogens with zero attached hydrogens (tertiary/aromatic N) is 2. The number of hydrogen-bond acceptors (Lipinski definition) is 2. The van der Waals surface area contributed by atoms with Crippen LogP contribution >= 0.6 is 7.14 Å². The van der Waals surface area contributed by atoms with Gasteiger partial charge in [0.25, 0.3) is 0 Å². The second kappa shape index (κ2) is 11.9. The zero-order valence-electron chi connectivity index (χ0n) is 24.8. The first-order valence-electron chi connectivity index (χ1n) is 14.9. The van der Waals surface area contributed by atoms with E-state index in [1.807, 2.05) is 114 Å². The van der Waals surface area contributed by atoms with Crippen LogP contribution in [0.1, 0.15) is 5.69 Å². The molecule has 0 N–H and O–H groups in total. The molecule has 7 rings (SSSR count). The molecule has 216 valence electrons. The third-order valence-electron chi connectivity index (χ3n) is 8.30. The minimum absolute atomic E-state index is 0.784. The second-order valence-corrected chi connectivity index (χ2v) is 13.6. The summed E-state index contributed by atoms with van der Waals surface area (Å²) in [5, 5.41) is 9.56. The molecule has 3 nitrogen and oxygen atoms in total. The highest BCUT2D eigenvalue weighted by Gasteiger charge is 2.30. The Balaban J connectivity index is 1.51. The van der Waals surface area contributed by atoms with Crippen molar-refractivity contribution >= 4 is 44.9 Å². The Morgan fingerprint density at radius 3 is 1.73 bits per heavy atom. The summed E-state index contributed by atoms with van der Waals surface area (Å²) in [5.74, 6) is 0. The van der Waals surface area contributed by atoms with Crippen molar-refractivity contribution in [2.45, 2.75) is 0 Å². The number of allylic oxidation sites excluding steroid dienone is 4. The summed E-state index contributed by atoms with van der Waals surface area (Å²) >= 11 is 0. The Morgan fingerprint density at radius 1 is 0.622 bits per heavy atom. The van der Waals surface area contributed by atoms with E-state index in [2.05, 4.69) is 61.7 Å². The molecular weight excluding hydrogens is 567 g/mol. The number of aromatic nitrogens is 2. The highest BCUT2D eigenvalue weighted by Crippen LogP contribution is 2.44. The molecule has 0 bridgehead atoms. The van der Waals surface area contributed by atoms with Crippen molar-refractivity contribution in [1.29, 1.82) is 0 Å². The third-order valence-corrected chi connectivity index (χ3v) is 11.4. The van der Waals surface area contributed by atoms with Gasteiger partial charge in [-0.1, -0.05) is 171 Å². The maximum atomic E-state index is 15.0. The molecule has 7 aromatic rings. The summed E-state index contributed by atoms with van der Waals surface area (Å²) in [6.07, 6.45) is 7.55. The lowest BCUT2D eigenvalue weighted by Crippen LogP contribution is -2.24. The van der Waals surface area contributed by atoms with Gasteiger partial charge in [0, 0.05) is 38.0 Å². The van der Waals surface area contributed by atoms with Crippen LogP contribution in [0.3, 0.4) is 0 Å². The number of fused-ring (bicyclic) bond motifs is 3. The zero-order chi connectivity index (χ0) is 30.8. The molecule has 0 aliphatic carbocycles. The fourth-order valence-electron chi connectivity index (χ4n) is 6.24. The third kappa shape index (κ3) is 4.79. The molecule has 0 fully saturated rings. The van der Waals surface area contributed by atoms with Crippen LogP contribution in [0.15, 0.2) is 177 Å². The molecule has 0 amide bonds. The number of rotatable bonds is 8. The standard InChI is InChI=1S/C41H31N2OP/c1-3-16-30(4-2)40-39(36-23-14-15-24-37(36)41-38(29-42-43(40)41)31-17-8-5-9-18-31)32-25-27-35(28-26-32)45(44,33-19-10-6-11-20-33)34-21-12-7-13-22-34/h3-29H,1-2H2/b30-16+. The van der Waals surface area contributed by atoms with Crippen molar-refractivity contribution < 1.29 is 4.57 Å². The van der Waals surface area contributed by atoms with Crippen LogP contribution in [0, 0.1) is 0 Å². The predicted molar refractivity (Wildman–Crippen MR) is 191 cm³/mol. The lowest BCUT2D eigenvalue weighted by molar-refractivity contribution is 0.592. The number of benzene rings is 5. The van der Waals surface area contributed by atoms with Gasteiger partial charge in [0.05, 0.1) is 17.4 Å².